The van der Waals surface area contributed by atoms with Gasteiger partial charge in [-0.25, -0.2) is 8.78 Å². The van der Waals surface area contributed by atoms with Gasteiger partial charge in [-0.05, 0) is 54.9 Å². The van der Waals surface area contributed by atoms with Crippen molar-refractivity contribution in [2.45, 2.75) is 59.3 Å². The first-order valence-corrected chi connectivity index (χ1v) is 7.08. The molecule has 0 atom stereocenters. The van der Waals surface area contributed by atoms with E-state index < -0.39 is 0 Å². The minimum absolute atomic E-state index is 0.296. The molecule has 2 heteroatoms. The fourth-order valence-corrected chi connectivity index (χ4v) is 2.44. The maximum Gasteiger partial charge on any atom is 0.131 e. The predicted octanol–water partition coefficient (Wildman–Crippen LogP) is 5.86. The average molecular weight is 266 g/mol. The van der Waals surface area contributed by atoms with Crippen molar-refractivity contribution in [3.05, 3.63) is 41.0 Å². The van der Waals surface area contributed by atoms with E-state index in [9.17, 15) is 8.78 Å². The highest BCUT2D eigenvalue weighted by Gasteiger charge is 2.27. The van der Waals surface area contributed by atoms with Gasteiger partial charge in [-0.15, -0.1) is 0 Å². The summed E-state index contributed by atoms with van der Waals surface area (Å²) in [6, 6.07) is 2.74. The Morgan fingerprint density at radius 2 is 1.68 bits per heavy atom. The van der Waals surface area contributed by atoms with Crippen LogP contribution in [0, 0.1) is 11.6 Å². The Morgan fingerprint density at radius 3 is 2.11 bits per heavy atom. The van der Waals surface area contributed by atoms with Crippen LogP contribution in [0.25, 0.3) is 5.57 Å². The van der Waals surface area contributed by atoms with Gasteiger partial charge in [0.25, 0.3) is 0 Å². The maximum atomic E-state index is 14.3. The van der Waals surface area contributed by atoms with Crippen molar-refractivity contribution < 1.29 is 8.78 Å². The molecule has 0 unspecified atom stereocenters. The highest BCUT2D eigenvalue weighted by molar-refractivity contribution is 5.66. The molecule has 1 aromatic carbocycles. The van der Waals surface area contributed by atoms with Crippen molar-refractivity contribution in [1.82, 2.24) is 0 Å². The van der Waals surface area contributed by atoms with Crippen molar-refractivity contribution in [3.63, 3.8) is 0 Å². The van der Waals surface area contributed by atoms with E-state index in [-0.39, 0.29) is 17.0 Å². The quantitative estimate of drug-likeness (QED) is 0.626. The van der Waals surface area contributed by atoms with Gasteiger partial charge in [-0.3, -0.25) is 0 Å². The molecule has 0 bridgehead atoms. The number of benzene rings is 1. The minimum atomic E-state index is -0.320. The smallest absolute Gasteiger partial charge is 0.131 e. The lowest BCUT2D eigenvalue weighted by Gasteiger charge is -2.28. The standard InChI is InChI=1S/C17H24F2/c1-6-12(7-2)13-10-16(19)14(11-15(13)18)17(5,8-3)9-4/h6,10-11H,7-9H2,1-5H3. The van der Waals surface area contributed by atoms with Crippen molar-refractivity contribution in [3.8, 4) is 0 Å². The normalized spacial score (nSPS) is 12.9. The van der Waals surface area contributed by atoms with Gasteiger partial charge in [0.1, 0.15) is 11.6 Å². The first-order valence-electron chi connectivity index (χ1n) is 7.08. The summed E-state index contributed by atoms with van der Waals surface area (Å²) in [4.78, 5) is 0. The molecule has 0 radical (unpaired) electrons. The van der Waals surface area contributed by atoms with Gasteiger partial charge in [0.05, 0.1) is 0 Å². The second kappa shape index (κ2) is 6.31. The molecule has 0 heterocycles. The lowest BCUT2D eigenvalue weighted by atomic mass is 9.77. The fourth-order valence-electron chi connectivity index (χ4n) is 2.44. The van der Waals surface area contributed by atoms with Crippen molar-refractivity contribution in [2.75, 3.05) is 0 Å². The molecule has 1 aromatic rings. The Balaban J connectivity index is 3.40. The first kappa shape index (κ1) is 15.9. The fraction of sp³-hybridized carbons (Fsp3) is 0.529. The number of hydrogen-bond acceptors (Lipinski definition) is 0. The van der Waals surface area contributed by atoms with Gasteiger partial charge in [-0.1, -0.05) is 33.8 Å². The molecular formula is C17H24F2. The van der Waals surface area contributed by atoms with E-state index in [1.54, 1.807) is 0 Å². The molecule has 0 N–H and O–H groups in total. The minimum Gasteiger partial charge on any atom is -0.207 e. The number of rotatable bonds is 5. The monoisotopic (exact) mass is 266 g/mol. The van der Waals surface area contributed by atoms with Crippen LogP contribution in [0.1, 0.15) is 65.0 Å². The van der Waals surface area contributed by atoms with E-state index >= 15 is 0 Å². The summed E-state index contributed by atoms with van der Waals surface area (Å²) in [7, 11) is 0. The summed E-state index contributed by atoms with van der Waals surface area (Å²) in [6.45, 7) is 9.81. The molecule has 0 aromatic heterocycles. The molecule has 0 aliphatic rings. The second-order valence-corrected chi connectivity index (χ2v) is 5.25. The van der Waals surface area contributed by atoms with Crippen LogP contribution in [-0.4, -0.2) is 0 Å². The summed E-state index contributed by atoms with van der Waals surface area (Å²) < 4.78 is 28.6. The highest BCUT2D eigenvalue weighted by Crippen LogP contribution is 2.35. The molecule has 0 amide bonds. The molecule has 0 saturated heterocycles. The highest BCUT2D eigenvalue weighted by atomic mass is 19.1. The van der Waals surface area contributed by atoms with Crippen LogP contribution in [0.3, 0.4) is 0 Å². The largest absolute Gasteiger partial charge is 0.207 e. The summed E-state index contributed by atoms with van der Waals surface area (Å²) in [5, 5.41) is 0. The summed E-state index contributed by atoms with van der Waals surface area (Å²) in [6.07, 6.45) is 4.13. The molecule has 19 heavy (non-hydrogen) atoms. The lowest BCUT2D eigenvalue weighted by Crippen LogP contribution is -2.22. The summed E-state index contributed by atoms with van der Waals surface area (Å²) >= 11 is 0. The third kappa shape index (κ3) is 3.05. The topological polar surface area (TPSA) is 0 Å². The molecule has 0 fully saturated rings. The molecule has 0 spiro atoms. The third-order valence-corrected chi connectivity index (χ3v) is 4.34. The average Bonchev–Trinajstić information content (AvgIpc) is 2.42. The summed E-state index contributed by atoms with van der Waals surface area (Å²) in [5.41, 5.74) is 1.43. The molecule has 1 rings (SSSR count). The molecule has 0 aliphatic carbocycles. The Labute approximate surface area is 115 Å². The van der Waals surface area contributed by atoms with E-state index in [1.165, 1.54) is 12.1 Å². The summed E-state index contributed by atoms with van der Waals surface area (Å²) in [5.74, 6) is -0.616. The van der Waals surface area contributed by atoms with Gasteiger partial charge >= 0.3 is 0 Å². The van der Waals surface area contributed by atoms with Gasteiger partial charge < -0.3 is 0 Å². The van der Waals surface area contributed by atoms with Crippen LogP contribution < -0.4 is 0 Å². The molecule has 106 valence electrons. The van der Waals surface area contributed by atoms with Crippen LogP contribution in [0.4, 0.5) is 8.78 Å². The molecule has 0 nitrogen and oxygen atoms in total. The van der Waals surface area contributed by atoms with E-state index in [0.717, 1.165) is 18.4 Å². The number of hydrogen-bond donors (Lipinski definition) is 0. The van der Waals surface area contributed by atoms with Crippen molar-refractivity contribution in [2.24, 2.45) is 0 Å². The zero-order valence-corrected chi connectivity index (χ0v) is 12.6. The Morgan fingerprint density at radius 1 is 1.11 bits per heavy atom. The lowest BCUT2D eigenvalue weighted by molar-refractivity contribution is 0.411. The van der Waals surface area contributed by atoms with Crippen LogP contribution in [0.15, 0.2) is 18.2 Å². The van der Waals surface area contributed by atoms with Crippen molar-refractivity contribution >= 4 is 5.57 Å². The SMILES string of the molecule is CC=C(CC)c1cc(F)c(C(C)(CC)CC)cc1F. The second-order valence-electron chi connectivity index (χ2n) is 5.25. The van der Waals surface area contributed by atoms with E-state index in [1.807, 2.05) is 40.7 Å². The maximum absolute atomic E-state index is 14.3. The molecule has 0 saturated carbocycles. The van der Waals surface area contributed by atoms with Crippen LogP contribution in [-0.2, 0) is 5.41 Å². The van der Waals surface area contributed by atoms with Gasteiger partial charge in [-0.2, -0.15) is 0 Å². The third-order valence-electron chi connectivity index (χ3n) is 4.34. The zero-order valence-electron chi connectivity index (χ0n) is 12.6. The zero-order chi connectivity index (χ0) is 14.6. The number of halogens is 2. The molecule has 0 aliphatic heterocycles. The van der Waals surface area contributed by atoms with Crippen LogP contribution in [0.5, 0.6) is 0 Å². The number of allylic oxidation sites excluding steroid dienone is 2. The Bertz CT molecular complexity index is 468. The predicted molar refractivity (Wildman–Crippen MR) is 78.2 cm³/mol. The van der Waals surface area contributed by atoms with E-state index in [0.29, 0.717) is 17.5 Å². The molecular weight excluding hydrogens is 242 g/mol. The van der Waals surface area contributed by atoms with Gasteiger partial charge in [0, 0.05) is 5.56 Å². The van der Waals surface area contributed by atoms with Gasteiger partial charge in [0.15, 0.2) is 0 Å². The Hall–Kier alpha value is -1.18. The van der Waals surface area contributed by atoms with Crippen LogP contribution >= 0.6 is 0 Å². The Kier molecular flexibility index (Phi) is 5.28. The first-order chi connectivity index (χ1) is 8.93. The van der Waals surface area contributed by atoms with Crippen LogP contribution in [0.2, 0.25) is 0 Å². The van der Waals surface area contributed by atoms with E-state index in [2.05, 4.69) is 0 Å². The van der Waals surface area contributed by atoms with Crippen molar-refractivity contribution in [1.29, 1.82) is 0 Å². The van der Waals surface area contributed by atoms with Gasteiger partial charge in [0.2, 0.25) is 0 Å². The van der Waals surface area contributed by atoms with E-state index in [4.69, 9.17) is 0 Å².